The summed E-state index contributed by atoms with van der Waals surface area (Å²) in [7, 11) is 0. The van der Waals surface area contributed by atoms with Gasteiger partial charge in [-0.05, 0) is 30.5 Å². The Labute approximate surface area is 172 Å². The summed E-state index contributed by atoms with van der Waals surface area (Å²) in [6, 6.07) is 3.02. The first-order chi connectivity index (χ1) is 14.8. The molecule has 0 spiro atoms. The fourth-order valence-corrected chi connectivity index (χ4v) is 4.33. The first kappa shape index (κ1) is 19.7. The van der Waals surface area contributed by atoms with Gasteiger partial charge in [0.15, 0.2) is 0 Å². The van der Waals surface area contributed by atoms with Crippen LogP contribution >= 0.6 is 0 Å². The molecular formula is C22H16F4N2O3. The predicted octanol–water partition coefficient (Wildman–Crippen LogP) is 4.52. The van der Waals surface area contributed by atoms with E-state index < -0.39 is 40.6 Å². The molecule has 0 unspecified atom stereocenters. The minimum atomic E-state index is -3.10. The van der Waals surface area contributed by atoms with Crippen LogP contribution in [0.2, 0.25) is 0 Å². The molecular weight excluding hydrogens is 416 g/mol. The van der Waals surface area contributed by atoms with Gasteiger partial charge >= 0.3 is 5.97 Å². The molecule has 1 aliphatic heterocycles. The summed E-state index contributed by atoms with van der Waals surface area (Å²) >= 11 is 0. The second-order valence-corrected chi connectivity index (χ2v) is 7.82. The number of halogens is 4. The number of nitrogens with one attached hydrogen (secondary N) is 1. The van der Waals surface area contributed by atoms with Crippen LogP contribution in [0.3, 0.4) is 0 Å². The Morgan fingerprint density at radius 2 is 1.84 bits per heavy atom. The van der Waals surface area contributed by atoms with E-state index in [2.05, 4.69) is 5.32 Å². The van der Waals surface area contributed by atoms with Crippen molar-refractivity contribution in [2.45, 2.75) is 38.4 Å². The quantitative estimate of drug-likeness (QED) is 0.595. The van der Waals surface area contributed by atoms with E-state index >= 15 is 4.39 Å². The summed E-state index contributed by atoms with van der Waals surface area (Å²) < 4.78 is 59.8. The van der Waals surface area contributed by atoms with Crippen molar-refractivity contribution < 1.29 is 27.5 Å². The molecule has 0 amide bonds. The van der Waals surface area contributed by atoms with Crippen molar-refractivity contribution in [3.05, 3.63) is 68.5 Å². The number of hydrogen-bond acceptors (Lipinski definition) is 3. The van der Waals surface area contributed by atoms with E-state index in [0.29, 0.717) is 12.8 Å². The van der Waals surface area contributed by atoms with Crippen LogP contribution in [0.25, 0.3) is 22.0 Å². The highest BCUT2D eigenvalue weighted by Crippen LogP contribution is 2.43. The Morgan fingerprint density at radius 3 is 2.48 bits per heavy atom. The predicted molar refractivity (Wildman–Crippen MR) is 104 cm³/mol. The van der Waals surface area contributed by atoms with Crippen molar-refractivity contribution in [1.29, 1.82) is 0 Å². The molecule has 1 aromatic heterocycles. The summed E-state index contributed by atoms with van der Waals surface area (Å²) in [6.07, 6.45) is -0.758. The normalized spacial score (nSPS) is 15.6. The van der Waals surface area contributed by atoms with Crippen LogP contribution in [0.5, 0.6) is 0 Å². The molecule has 2 aromatic carbocycles. The molecule has 9 heteroatoms. The fraction of sp³-hybridized carbons (Fsp3) is 0.273. The Bertz CT molecular complexity index is 1330. The molecule has 1 aliphatic carbocycles. The number of carbonyl (C=O) groups is 1. The number of aromatic nitrogens is 1. The Morgan fingerprint density at radius 1 is 1.13 bits per heavy atom. The van der Waals surface area contributed by atoms with Gasteiger partial charge in [-0.15, -0.1) is 0 Å². The lowest BCUT2D eigenvalue weighted by molar-refractivity contribution is 0.0695. The zero-order valence-corrected chi connectivity index (χ0v) is 16.0. The number of aromatic carboxylic acids is 1. The van der Waals surface area contributed by atoms with Crippen LogP contribution in [-0.4, -0.2) is 15.6 Å². The lowest BCUT2D eigenvalue weighted by atomic mass is 9.93. The Balaban J connectivity index is 1.89. The number of fused-ring (bicyclic) bond motifs is 2. The van der Waals surface area contributed by atoms with Crippen molar-refractivity contribution in [2.75, 3.05) is 0 Å². The lowest BCUT2D eigenvalue weighted by Gasteiger charge is -2.19. The zero-order valence-electron chi connectivity index (χ0n) is 16.0. The van der Waals surface area contributed by atoms with Crippen LogP contribution in [-0.2, 0) is 13.1 Å². The summed E-state index contributed by atoms with van der Waals surface area (Å²) in [5.74, 6) is -2.94. The van der Waals surface area contributed by atoms with Crippen molar-refractivity contribution >= 4 is 16.9 Å². The van der Waals surface area contributed by atoms with Gasteiger partial charge in [0.25, 0.3) is 6.43 Å². The number of carboxylic acids is 1. The summed E-state index contributed by atoms with van der Waals surface area (Å²) in [4.78, 5) is 24.2. The van der Waals surface area contributed by atoms with E-state index in [4.69, 9.17) is 0 Å². The molecule has 5 rings (SSSR count). The lowest BCUT2D eigenvalue weighted by Crippen LogP contribution is -2.20. The molecule has 0 bridgehead atoms. The first-order valence-corrected chi connectivity index (χ1v) is 9.73. The van der Waals surface area contributed by atoms with E-state index in [-0.39, 0.29) is 52.3 Å². The summed E-state index contributed by atoms with van der Waals surface area (Å²) in [6.45, 7) is 0.231. The second-order valence-electron chi connectivity index (χ2n) is 7.82. The number of carboxylic acid groups (broad SMARTS) is 1. The van der Waals surface area contributed by atoms with E-state index in [0.717, 1.165) is 18.3 Å². The highest BCUT2D eigenvalue weighted by Gasteiger charge is 2.32. The van der Waals surface area contributed by atoms with Crippen LogP contribution < -0.4 is 10.7 Å². The average molecular weight is 432 g/mol. The van der Waals surface area contributed by atoms with E-state index in [1.807, 2.05) is 0 Å². The van der Waals surface area contributed by atoms with Gasteiger partial charge in [-0.3, -0.25) is 4.79 Å². The number of hydrogen-bond donors (Lipinski definition) is 2. The number of benzene rings is 2. The van der Waals surface area contributed by atoms with Gasteiger partial charge in [0.05, 0.1) is 11.1 Å². The summed E-state index contributed by atoms with van der Waals surface area (Å²) in [5, 5.41) is 12.0. The molecule has 3 aromatic rings. The number of alkyl halides is 2. The van der Waals surface area contributed by atoms with Gasteiger partial charge in [-0.1, -0.05) is 6.07 Å². The maximum absolute atomic E-state index is 15.2. The van der Waals surface area contributed by atoms with E-state index in [1.54, 1.807) is 0 Å². The standard InChI is InChI=1S/C22H16F4N2O3/c23-16-5-12(18(24)14-7-27-6-13(14)16)10-3-4-11-19(17(10)21(25)26)28(9-1-2-9)8-15(20(11)29)22(30)31/h3-5,8-9,21,27H,1-2,6-7H2,(H,30,31). The fourth-order valence-electron chi connectivity index (χ4n) is 4.33. The zero-order chi connectivity index (χ0) is 22.0. The minimum absolute atomic E-state index is 0.0816. The third-order valence-corrected chi connectivity index (χ3v) is 5.94. The maximum atomic E-state index is 15.2. The monoisotopic (exact) mass is 432 g/mol. The molecule has 31 heavy (non-hydrogen) atoms. The largest absolute Gasteiger partial charge is 0.477 e. The topological polar surface area (TPSA) is 71.3 Å². The van der Waals surface area contributed by atoms with Gasteiger partial charge in [0.1, 0.15) is 17.2 Å². The van der Waals surface area contributed by atoms with Gasteiger partial charge in [0, 0.05) is 47.4 Å². The molecule has 2 heterocycles. The first-order valence-electron chi connectivity index (χ1n) is 9.73. The van der Waals surface area contributed by atoms with Gasteiger partial charge < -0.3 is 15.0 Å². The third-order valence-electron chi connectivity index (χ3n) is 5.94. The van der Waals surface area contributed by atoms with Gasteiger partial charge in [0.2, 0.25) is 5.43 Å². The molecule has 0 saturated heterocycles. The van der Waals surface area contributed by atoms with E-state index in [1.165, 1.54) is 10.6 Å². The molecule has 160 valence electrons. The molecule has 1 fully saturated rings. The van der Waals surface area contributed by atoms with Crippen molar-refractivity contribution in [1.82, 2.24) is 9.88 Å². The molecule has 5 nitrogen and oxygen atoms in total. The highest BCUT2D eigenvalue weighted by atomic mass is 19.3. The summed E-state index contributed by atoms with van der Waals surface area (Å²) in [5.41, 5.74) is -2.42. The second kappa shape index (κ2) is 6.91. The van der Waals surface area contributed by atoms with Crippen LogP contribution in [0.4, 0.5) is 17.6 Å². The van der Waals surface area contributed by atoms with Crippen molar-refractivity contribution in [2.24, 2.45) is 0 Å². The highest BCUT2D eigenvalue weighted by molar-refractivity contribution is 5.96. The molecule has 0 radical (unpaired) electrons. The van der Waals surface area contributed by atoms with Crippen LogP contribution in [0, 0.1) is 11.6 Å². The van der Waals surface area contributed by atoms with Crippen LogP contribution in [0.1, 0.15) is 52.4 Å². The minimum Gasteiger partial charge on any atom is -0.477 e. The SMILES string of the molecule is O=C(O)c1cn(C2CC2)c2c(C(F)F)c(-c3cc(F)c4c(c3F)CNC4)ccc2c1=O. The average Bonchev–Trinajstić information content (AvgIpc) is 3.44. The number of rotatable bonds is 4. The molecule has 0 atom stereocenters. The number of pyridine rings is 1. The Hall–Kier alpha value is -3.20. The smallest absolute Gasteiger partial charge is 0.341 e. The molecule has 2 aliphatic rings. The van der Waals surface area contributed by atoms with Gasteiger partial charge in [-0.25, -0.2) is 22.4 Å². The van der Waals surface area contributed by atoms with E-state index in [9.17, 15) is 27.9 Å². The number of nitrogens with zero attached hydrogens (tertiary/aromatic N) is 1. The van der Waals surface area contributed by atoms with Gasteiger partial charge in [-0.2, -0.15) is 0 Å². The van der Waals surface area contributed by atoms with Crippen LogP contribution in [0.15, 0.2) is 29.2 Å². The molecule has 1 saturated carbocycles. The molecule has 2 N–H and O–H groups in total. The van der Waals surface area contributed by atoms with Crippen molar-refractivity contribution in [3.8, 4) is 11.1 Å². The third kappa shape index (κ3) is 2.95. The maximum Gasteiger partial charge on any atom is 0.341 e. The Kier molecular flexibility index (Phi) is 4.40. The van der Waals surface area contributed by atoms with Crippen molar-refractivity contribution in [3.63, 3.8) is 0 Å².